The van der Waals surface area contributed by atoms with Crippen molar-refractivity contribution in [1.29, 1.82) is 0 Å². The number of nitrogens with one attached hydrogen (secondary N) is 3. The van der Waals surface area contributed by atoms with Crippen molar-refractivity contribution in [3.8, 4) is 0 Å². The summed E-state index contributed by atoms with van der Waals surface area (Å²) in [6.07, 6.45) is 2.08. The Balaban J connectivity index is 1.37. The number of benzene rings is 2. The van der Waals surface area contributed by atoms with E-state index in [1.807, 2.05) is 37.3 Å². The first-order chi connectivity index (χ1) is 15.8. The Morgan fingerprint density at radius 3 is 2.52 bits per heavy atom. The summed E-state index contributed by atoms with van der Waals surface area (Å²) < 4.78 is 27.7. The Kier molecular flexibility index (Phi) is 8.99. The van der Waals surface area contributed by atoms with Gasteiger partial charge in [-0.3, -0.25) is 10.1 Å². The lowest BCUT2D eigenvalue weighted by Crippen LogP contribution is -2.43. The minimum Gasteiger partial charge on any atom is -0.334 e. The van der Waals surface area contributed by atoms with Gasteiger partial charge >= 0.3 is 6.03 Å². The van der Waals surface area contributed by atoms with Crippen molar-refractivity contribution in [3.05, 3.63) is 65.7 Å². The lowest BCUT2D eigenvalue weighted by molar-refractivity contribution is -0.120. The topological polar surface area (TPSA) is 108 Å². The number of carbonyl (C=O) groups excluding carboxylic acids is 2. The molecule has 0 spiro atoms. The van der Waals surface area contributed by atoms with Gasteiger partial charge in [0.15, 0.2) is 0 Å². The van der Waals surface area contributed by atoms with Gasteiger partial charge in [0.25, 0.3) is 0 Å². The molecule has 3 rings (SSSR count). The zero-order valence-electron chi connectivity index (χ0n) is 18.9. The molecule has 1 aliphatic rings. The molecule has 2 aromatic rings. The normalized spacial score (nSPS) is 16.8. The zero-order chi connectivity index (χ0) is 23.7. The van der Waals surface area contributed by atoms with Crippen LogP contribution in [-0.2, 0) is 21.4 Å². The van der Waals surface area contributed by atoms with Crippen LogP contribution in [0.4, 0.5) is 4.79 Å². The molecule has 1 aliphatic heterocycles. The third-order valence-electron chi connectivity index (χ3n) is 5.70. The molecule has 1 saturated heterocycles. The third kappa shape index (κ3) is 8.27. The van der Waals surface area contributed by atoms with Crippen LogP contribution in [0.2, 0.25) is 0 Å². The summed E-state index contributed by atoms with van der Waals surface area (Å²) in [6, 6.07) is 15.7. The van der Waals surface area contributed by atoms with Crippen molar-refractivity contribution in [2.24, 2.45) is 5.92 Å². The second-order valence-corrected chi connectivity index (χ2v) is 10.2. The molecule has 0 radical (unpaired) electrons. The van der Waals surface area contributed by atoms with Gasteiger partial charge in [0.1, 0.15) is 0 Å². The molecule has 9 heteroatoms. The number of carbonyl (C=O) groups is 2. The summed E-state index contributed by atoms with van der Waals surface area (Å²) in [7, 11) is -3.54. The van der Waals surface area contributed by atoms with Crippen LogP contribution in [0.5, 0.6) is 0 Å². The average Bonchev–Trinajstić information content (AvgIpc) is 2.81. The van der Waals surface area contributed by atoms with Gasteiger partial charge < -0.3 is 10.2 Å². The first-order valence-electron chi connectivity index (χ1n) is 11.2. The minimum absolute atomic E-state index is 0.177. The zero-order valence-corrected chi connectivity index (χ0v) is 19.7. The molecule has 178 valence electrons. The van der Waals surface area contributed by atoms with Gasteiger partial charge in [0.2, 0.25) is 15.9 Å². The van der Waals surface area contributed by atoms with E-state index in [0.717, 1.165) is 30.5 Å². The molecular formula is C24H32N4O4S. The molecule has 2 aromatic carbocycles. The van der Waals surface area contributed by atoms with Crippen molar-refractivity contribution in [3.63, 3.8) is 0 Å². The van der Waals surface area contributed by atoms with Crippen LogP contribution in [0, 0.1) is 12.8 Å². The van der Waals surface area contributed by atoms with Gasteiger partial charge in [-0.05, 0) is 49.9 Å². The maximum Gasteiger partial charge on any atom is 0.321 e. The molecule has 8 nitrogen and oxygen atoms in total. The second-order valence-electron chi connectivity index (χ2n) is 8.44. The molecule has 3 amide bonds. The van der Waals surface area contributed by atoms with Gasteiger partial charge in [0.05, 0.1) is 4.90 Å². The van der Waals surface area contributed by atoms with E-state index in [4.69, 9.17) is 0 Å². The highest BCUT2D eigenvalue weighted by Crippen LogP contribution is 2.17. The Morgan fingerprint density at radius 2 is 1.79 bits per heavy atom. The van der Waals surface area contributed by atoms with Crippen molar-refractivity contribution < 1.29 is 18.0 Å². The van der Waals surface area contributed by atoms with E-state index in [0.29, 0.717) is 26.2 Å². The van der Waals surface area contributed by atoms with E-state index >= 15 is 0 Å². The molecular weight excluding hydrogens is 440 g/mol. The summed E-state index contributed by atoms with van der Waals surface area (Å²) in [5, 5.41) is 5.03. The van der Waals surface area contributed by atoms with E-state index in [-0.39, 0.29) is 23.1 Å². The lowest BCUT2D eigenvalue weighted by atomic mass is 9.98. The molecule has 0 aliphatic carbocycles. The van der Waals surface area contributed by atoms with Crippen LogP contribution in [0.1, 0.15) is 30.4 Å². The van der Waals surface area contributed by atoms with Crippen LogP contribution in [0.3, 0.4) is 0 Å². The molecule has 1 unspecified atom stereocenters. The molecule has 0 saturated carbocycles. The van der Waals surface area contributed by atoms with E-state index in [2.05, 4.69) is 20.3 Å². The first-order valence-corrected chi connectivity index (χ1v) is 12.7. The molecule has 1 atom stereocenters. The Labute approximate surface area is 195 Å². The SMILES string of the molecule is Cc1ccc(S(=O)(=O)NCC2CCCN(CCC(=O)NC(=O)NCc3ccccc3)C2)cc1. The Bertz CT molecular complexity index is 1030. The maximum atomic E-state index is 12.5. The number of likely N-dealkylation sites (tertiary alicyclic amines) is 1. The molecule has 0 aromatic heterocycles. The highest BCUT2D eigenvalue weighted by molar-refractivity contribution is 7.89. The number of urea groups is 1. The van der Waals surface area contributed by atoms with Gasteiger partial charge in [-0.1, -0.05) is 48.0 Å². The third-order valence-corrected chi connectivity index (χ3v) is 7.14. The number of hydrogen-bond donors (Lipinski definition) is 3. The van der Waals surface area contributed by atoms with E-state index < -0.39 is 16.1 Å². The van der Waals surface area contributed by atoms with Gasteiger partial charge in [-0.15, -0.1) is 0 Å². The highest BCUT2D eigenvalue weighted by Gasteiger charge is 2.23. The Morgan fingerprint density at radius 1 is 1.06 bits per heavy atom. The van der Waals surface area contributed by atoms with Crippen molar-refractivity contribution in [1.82, 2.24) is 20.3 Å². The van der Waals surface area contributed by atoms with Gasteiger partial charge in [0, 0.05) is 32.6 Å². The van der Waals surface area contributed by atoms with E-state index in [1.165, 1.54) is 0 Å². The smallest absolute Gasteiger partial charge is 0.321 e. The van der Waals surface area contributed by atoms with Crippen molar-refractivity contribution >= 4 is 22.0 Å². The van der Waals surface area contributed by atoms with Crippen LogP contribution < -0.4 is 15.4 Å². The number of amides is 3. The van der Waals surface area contributed by atoms with E-state index in [1.54, 1.807) is 24.3 Å². The lowest BCUT2D eigenvalue weighted by Gasteiger charge is -2.32. The first kappa shape index (κ1) is 24.9. The predicted molar refractivity (Wildman–Crippen MR) is 127 cm³/mol. The number of rotatable bonds is 9. The number of nitrogens with zero attached hydrogens (tertiary/aromatic N) is 1. The fraction of sp³-hybridized carbons (Fsp3) is 0.417. The number of piperidine rings is 1. The van der Waals surface area contributed by atoms with Gasteiger partial charge in [-0.25, -0.2) is 17.9 Å². The number of sulfonamides is 1. The molecule has 33 heavy (non-hydrogen) atoms. The molecule has 1 heterocycles. The summed E-state index contributed by atoms with van der Waals surface area (Å²) in [5.41, 5.74) is 1.96. The highest BCUT2D eigenvalue weighted by atomic mass is 32.2. The summed E-state index contributed by atoms with van der Waals surface area (Å²) in [6.45, 7) is 4.72. The molecule has 0 bridgehead atoms. The number of imide groups is 1. The second kappa shape index (κ2) is 11.9. The van der Waals surface area contributed by atoms with Crippen LogP contribution in [-0.4, -0.2) is 51.4 Å². The monoisotopic (exact) mass is 472 g/mol. The minimum atomic E-state index is -3.54. The van der Waals surface area contributed by atoms with Crippen LogP contribution >= 0.6 is 0 Å². The van der Waals surface area contributed by atoms with Crippen molar-refractivity contribution in [2.45, 2.75) is 37.6 Å². The number of hydrogen-bond acceptors (Lipinski definition) is 5. The van der Waals surface area contributed by atoms with Crippen LogP contribution in [0.15, 0.2) is 59.5 Å². The predicted octanol–water partition coefficient (Wildman–Crippen LogP) is 2.40. The standard InChI is InChI=1S/C24H32N4O4S/c1-19-9-11-22(12-10-19)33(31,32)26-17-21-8-5-14-28(18-21)15-13-23(29)27-24(30)25-16-20-6-3-2-4-7-20/h2-4,6-7,9-12,21,26H,5,8,13-18H2,1H3,(H2,25,27,29,30). The average molecular weight is 473 g/mol. The van der Waals surface area contributed by atoms with E-state index in [9.17, 15) is 18.0 Å². The molecule has 3 N–H and O–H groups in total. The fourth-order valence-electron chi connectivity index (χ4n) is 3.82. The van der Waals surface area contributed by atoms with Crippen LogP contribution in [0.25, 0.3) is 0 Å². The number of aryl methyl sites for hydroxylation is 1. The summed E-state index contributed by atoms with van der Waals surface area (Å²) in [5.74, 6) is -0.154. The summed E-state index contributed by atoms with van der Waals surface area (Å²) >= 11 is 0. The maximum absolute atomic E-state index is 12.5. The Hall–Kier alpha value is -2.75. The largest absolute Gasteiger partial charge is 0.334 e. The van der Waals surface area contributed by atoms with Crippen molar-refractivity contribution in [2.75, 3.05) is 26.2 Å². The van der Waals surface area contributed by atoms with Gasteiger partial charge in [-0.2, -0.15) is 0 Å². The molecule has 1 fully saturated rings. The fourth-order valence-corrected chi connectivity index (χ4v) is 4.94. The quantitative estimate of drug-likeness (QED) is 0.520. The summed E-state index contributed by atoms with van der Waals surface area (Å²) in [4.78, 5) is 26.5.